The predicted octanol–water partition coefficient (Wildman–Crippen LogP) is 1.09. The molecule has 0 spiro atoms. The molecule has 0 radical (unpaired) electrons. The van der Waals surface area contributed by atoms with Crippen LogP contribution in [0.15, 0.2) is 12.4 Å². The molecule has 0 bridgehead atoms. The van der Waals surface area contributed by atoms with E-state index in [-0.39, 0.29) is 5.78 Å². The van der Waals surface area contributed by atoms with Gasteiger partial charge in [0.25, 0.3) is 0 Å². The van der Waals surface area contributed by atoms with E-state index in [1.54, 1.807) is 6.20 Å². The molecular formula is C10H17N3O. The van der Waals surface area contributed by atoms with Crippen molar-refractivity contribution in [2.45, 2.75) is 26.8 Å². The van der Waals surface area contributed by atoms with Gasteiger partial charge < -0.3 is 9.88 Å². The lowest BCUT2D eigenvalue weighted by atomic mass is 10.2. The molecule has 4 nitrogen and oxygen atoms in total. The normalized spacial score (nSPS) is 10.4. The van der Waals surface area contributed by atoms with Crippen molar-refractivity contribution in [2.24, 2.45) is 0 Å². The first kappa shape index (κ1) is 10.9. The highest BCUT2D eigenvalue weighted by atomic mass is 16.1. The first-order valence-corrected chi connectivity index (χ1v) is 5.04. The first-order chi connectivity index (χ1) is 6.79. The Kier molecular flexibility index (Phi) is 4.32. The maximum Gasteiger partial charge on any atom is 0.199 e. The van der Waals surface area contributed by atoms with Crippen LogP contribution in [-0.4, -0.2) is 28.4 Å². The van der Waals surface area contributed by atoms with Crippen molar-refractivity contribution in [1.82, 2.24) is 14.9 Å². The predicted molar refractivity (Wildman–Crippen MR) is 55.4 cm³/mol. The van der Waals surface area contributed by atoms with Crippen LogP contribution < -0.4 is 5.32 Å². The van der Waals surface area contributed by atoms with Crippen LogP contribution in [-0.2, 0) is 6.54 Å². The third-order valence-corrected chi connectivity index (χ3v) is 2.08. The third kappa shape index (κ3) is 2.67. The van der Waals surface area contributed by atoms with E-state index >= 15 is 0 Å². The minimum Gasteiger partial charge on any atom is -0.329 e. The summed E-state index contributed by atoms with van der Waals surface area (Å²) < 4.78 is 1.87. The molecule has 0 aliphatic rings. The molecule has 0 fully saturated rings. The van der Waals surface area contributed by atoms with E-state index in [1.807, 2.05) is 24.6 Å². The molecule has 1 aromatic rings. The van der Waals surface area contributed by atoms with Crippen LogP contribution in [0.4, 0.5) is 0 Å². The number of aryl methyl sites for hydroxylation is 1. The van der Waals surface area contributed by atoms with E-state index in [0.717, 1.165) is 19.6 Å². The molecule has 1 rings (SSSR count). The smallest absolute Gasteiger partial charge is 0.199 e. The standard InChI is InChI=1S/C10H17N3O/c1-3-11-6-5-9(14)10-12-7-8-13(10)4-2/h7-8,11H,3-6H2,1-2H3. The van der Waals surface area contributed by atoms with Crippen LogP contribution in [0.3, 0.4) is 0 Å². The number of rotatable bonds is 6. The second kappa shape index (κ2) is 5.54. The van der Waals surface area contributed by atoms with E-state index in [4.69, 9.17) is 0 Å². The zero-order valence-corrected chi connectivity index (χ0v) is 8.79. The fourth-order valence-electron chi connectivity index (χ4n) is 1.31. The van der Waals surface area contributed by atoms with Crippen LogP contribution >= 0.6 is 0 Å². The molecule has 1 N–H and O–H groups in total. The molecule has 0 amide bonds. The van der Waals surface area contributed by atoms with Gasteiger partial charge in [-0.1, -0.05) is 6.92 Å². The number of ketones is 1. The second-order valence-corrected chi connectivity index (χ2v) is 3.06. The summed E-state index contributed by atoms with van der Waals surface area (Å²) >= 11 is 0. The molecular weight excluding hydrogens is 178 g/mol. The van der Waals surface area contributed by atoms with E-state index in [0.29, 0.717) is 12.2 Å². The van der Waals surface area contributed by atoms with Crippen molar-refractivity contribution < 1.29 is 4.79 Å². The van der Waals surface area contributed by atoms with Crippen LogP contribution in [0, 0.1) is 0 Å². The van der Waals surface area contributed by atoms with Gasteiger partial charge in [0, 0.05) is 31.9 Å². The molecule has 0 atom stereocenters. The molecule has 0 saturated carbocycles. The molecule has 78 valence electrons. The highest BCUT2D eigenvalue weighted by Gasteiger charge is 2.10. The number of hydrogen-bond donors (Lipinski definition) is 1. The van der Waals surface area contributed by atoms with Gasteiger partial charge in [-0.05, 0) is 13.5 Å². The quantitative estimate of drug-likeness (QED) is 0.546. The lowest BCUT2D eigenvalue weighted by Crippen LogP contribution is -2.19. The van der Waals surface area contributed by atoms with Gasteiger partial charge in [0.15, 0.2) is 11.6 Å². The highest BCUT2D eigenvalue weighted by molar-refractivity contribution is 5.92. The Morgan fingerprint density at radius 3 is 3.00 bits per heavy atom. The fraction of sp³-hybridized carbons (Fsp3) is 0.600. The number of carbonyl (C=O) groups excluding carboxylic acids is 1. The van der Waals surface area contributed by atoms with Crippen molar-refractivity contribution in [1.29, 1.82) is 0 Å². The Bertz CT molecular complexity index is 293. The summed E-state index contributed by atoms with van der Waals surface area (Å²) in [4.78, 5) is 15.7. The Labute approximate surface area is 84.3 Å². The van der Waals surface area contributed by atoms with Gasteiger partial charge in [-0.25, -0.2) is 4.98 Å². The van der Waals surface area contributed by atoms with Crippen molar-refractivity contribution in [3.63, 3.8) is 0 Å². The fourth-order valence-corrected chi connectivity index (χ4v) is 1.31. The van der Waals surface area contributed by atoms with Gasteiger partial charge in [0.2, 0.25) is 0 Å². The molecule has 0 saturated heterocycles. The number of imidazole rings is 1. The van der Waals surface area contributed by atoms with E-state index in [1.165, 1.54) is 0 Å². The topological polar surface area (TPSA) is 46.9 Å². The molecule has 14 heavy (non-hydrogen) atoms. The van der Waals surface area contributed by atoms with Crippen LogP contribution in [0.25, 0.3) is 0 Å². The minimum atomic E-state index is 0.109. The largest absolute Gasteiger partial charge is 0.329 e. The monoisotopic (exact) mass is 195 g/mol. The first-order valence-electron chi connectivity index (χ1n) is 5.04. The maximum atomic E-state index is 11.6. The summed E-state index contributed by atoms with van der Waals surface area (Å²) in [6, 6.07) is 0. The lowest BCUT2D eigenvalue weighted by molar-refractivity contribution is 0.0969. The molecule has 4 heteroatoms. The van der Waals surface area contributed by atoms with Gasteiger partial charge >= 0.3 is 0 Å². The second-order valence-electron chi connectivity index (χ2n) is 3.06. The third-order valence-electron chi connectivity index (χ3n) is 2.08. The summed E-state index contributed by atoms with van der Waals surface area (Å²) in [5.74, 6) is 0.684. The number of hydrogen-bond acceptors (Lipinski definition) is 3. The summed E-state index contributed by atoms with van der Waals surface area (Å²) in [6.07, 6.45) is 4.02. The van der Waals surface area contributed by atoms with E-state index in [9.17, 15) is 4.79 Å². The zero-order chi connectivity index (χ0) is 10.4. The van der Waals surface area contributed by atoms with Gasteiger partial charge in [-0.2, -0.15) is 0 Å². The average Bonchev–Trinajstić information content (AvgIpc) is 2.65. The average molecular weight is 195 g/mol. The number of nitrogens with zero attached hydrogens (tertiary/aromatic N) is 2. The number of nitrogens with one attached hydrogen (secondary N) is 1. The SMILES string of the molecule is CCNCCC(=O)c1nccn1CC. The summed E-state index contributed by atoms with van der Waals surface area (Å²) in [7, 11) is 0. The zero-order valence-electron chi connectivity index (χ0n) is 8.79. The van der Waals surface area contributed by atoms with Gasteiger partial charge in [0.05, 0.1) is 0 Å². The lowest BCUT2D eigenvalue weighted by Gasteiger charge is -2.03. The van der Waals surface area contributed by atoms with Crippen molar-refractivity contribution in [3.05, 3.63) is 18.2 Å². The summed E-state index contributed by atoms with van der Waals surface area (Å²) in [5, 5.41) is 3.12. The minimum absolute atomic E-state index is 0.109. The van der Waals surface area contributed by atoms with Gasteiger partial charge in [-0.15, -0.1) is 0 Å². The van der Waals surface area contributed by atoms with Crippen molar-refractivity contribution in [2.75, 3.05) is 13.1 Å². The summed E-state index contributed by atoms with van der Waals surface area (Å²) in [5.41, 5.74) is 0. The molecule has 1 heterocycles. The van der Waals surface area contributed by atoms with E-state index < -0.39 is 0 Å². The Morgan fingerprint density at radius 1 is 1.57 bits per heavy atom. The number of aromatic nitrogens is 2. The van der Waals surface area contributed by atoms with Gasteiger partial charge in [0.1, 0.15) is 0 Å². The molecule has 1 aromatic heterocycles. The molecule has 0 aliphatic carbocycles. The Balaban J connectivity index is 2.51. The molecule has 0 aliphatic heterocycles. The molecule has 0 aromatic carbocycles. The van der Waals surface area contributed by atoms with E-state index in [2.05, 4.69) is 10.3 Å². The van der Waals surface area contributed by atoms with Crippen molar-refractivity contribution >= 4 is 5.78 Å². The maximum absolute atomic E-state index is 11.6. The van der Waals surface area contributed by atoms with Crippen molar-refractivity contribution in [3.8, 4) is 0 Å². The molecule has 0 unspecified atom stereocenters. The van der Waals surface area contributed by atoms with Crippen LogP contribution in [0.1, 0.15) is 30.9 Å². The summed E-state index contributed by atoms with van der Waals surface area (Å²) in [6.45, 7) is 6.45. The van der Waals surface area contributed by atoms with Crippen LogP contribution in [0.5, 0.6) is 0 Å². The van der Waals surface area contributed by atoms with Crippen LogP contribution in [0.2, 0.25) is 0 Å². The Morgan fingerprint density at radius 2 is 2.36 bits per heavy atom. The Hall–Kier alpha value is -1.16. The number of carbonyl (C=O) groups is 1. The van der Waals surface area contributed by atoms with Gasteiger partial charge in [-0.3, -0.25) is 4.79 Å². The highest BCUT2D eigenvalue weighted by Crippen LogP contribution is 2.00. The number of Topliss-reactive ketones (excluding diaryl/α,β-unsaturated/α-hetero) is 1.